The molecule has 1 aromatic rings. The Morgan fingerprint density at radius 1 is 1.05 bits per heavy atom. The second-order valence-corrected chi connectivity index (χ2v) is 6.97. The summed E-state index contributed by atoms with van der Waals surface area (Å²) in [6, 6.07) is 12.4. The zero-order valence-corrected chi connectivity index (χ0v) is 13.6. The molecule has 1 aliphatic carbocycles. The Bertz CT molecular complexity index is 422. The van der Waals surface area contributed by atoms with Crippen molar-refractivity contribution in [2.75, 3.05) is 18.0 Å². The molecule has 1 saturated heterocycles. The molecule has 2 heteroatoms. The van der Waals surface area contributed by atoms with E-state index in [9.17, 15) is 0 Å². The van der Waals surface area contributed by atoms with E-state index in [1.807, 2.05) is 0 Å². The number of para-hydroxylation sites is 1. The molecule has 3 atom stereocenters. The van der Waals surface area contributed by atoms with Crippen LogP contribution in [0.2, 0.25) is 0 Å². The van der Waals surface area contributed by atoms with Crippen molar-refractivity contribution >= 4 is 5.69 Å². The molecule has 0 amide bonds. The van der Waals surface area contributed by atoms with Crippen molar-refractivity contribution in [1.29, 1.82) is 0 Å². The predicted octanol–water partition coefficient (Wildman–Crippen LogP) is 4.07. The Hall–Kier alpha value is -1.02. The molecule has 2 aliphatic rings. The van der Waals surface area contributed by atoms with Crippen LogP contribution in [0.5, 0.6) is 0 Å². The van der Waals surface area contributed by atoms with E-state index in [2.05, 4.69) is 54.4 Å². The van der Waals surface area contributed by atoms with Crippen LogP contribution in [-0.2, 0) is 0 Å². The van der Waals surface area contributed by atoms with Gasteiger partial charge in [-0.1, -0.05) is 38.5 Å². The highest BCUT2D eigenvalue weighted by Crippen LogP contribution is 2.34. The molecular weight excluding hydrogens is 256 g/mol. The molecule has 0 aromatic heterocycles. The largest absolute Gasteiger partial charge is 0.371 e. The first kappa shape index (κ1) is 14.9. The van der Waals surface area contributed by atoms with Gasteiger partial charge in [0.15, 0.2) is 0 Å². The number of piperidine rings is 1. The number of nitrogens with one attached hydrogen (secondary N) is 1. The second-order valence-electron chi connectivity index (χ2n) is 6.97. The van der Waals surface area contributed by atoms with Crippen LogP contribution in [0.1, 0.15) is 46.0 Å². The maximum Gasteiger partial charge on any atom is 0.0366 e. The summed E-state index contributed by atoms with van der Waals surface area (Å²) in [7, 11) is 0. The molecule has 0 spiro atoms. The van der Waals surface area contributed by atoms with Gasteiger partial charge in [-0.05, 0) is 49.7 Å². The Morgan fingerprint density at radius 3 is 2.38 bits per heavy atom. The van der Waals surface area contributed by atoms with E-state index >= 15 is 0 Å². The molecule has 1 aliphatic heterocycles. The maximum atomic E-state index is 3.98. The highest BCUT2D eigenvalue weighted by atomic mass is 15.1. The zero-order valence-electron chi connectivity index (χ0n) is 13.6. The summed E-state index contributed by atoms with van der Waals surface area (Å²) in [5.41, 5.74) is 1.39. The van der Waals surface area contributed by atoms with Crippen LogP contribution >= 0.6 is 0 Å². The number of anilines is 1. The van der Waals surface area contributed by atoms with Gasteiger partial charge < -0.3 is 10.2 Å². The van der Waals surface area contributed by atoms with E-state index in [0.717, 1.165) is 23.9 Å². The number of hydrogen-bond acceptors (Lipinski definition) is 2. The molecule has 116 valence electrons. The normalized spacial score (nSPS) is 30.8. The first-order valence-corrected chi connectivity index (χ1v) is 8.84. The summed E-state index contributed by atoms with van der Waals surface area (Å²) in [5.74, 6) is 1.81. The molecule has 0 radical (unpaired) electrons. The van der Waals surface area contributed by atoms with Gasteiger partial charge in [-0.15, -0.1) is 0 Å². The minimum Gasteiger partial charge on any atom is -0.371 e. The summed E-state index contributed by atoms with van der Waals surface area (Å²) in [4.78, 5) is 2.53. The number of hydrogen-bond donors (Lipinski definition) is 1. The average molecular weight is 286 g/mol. The average Bonchev–Trinajstić information content (AvgIpc) is 2.89. The lowest BCUT2D eigenvalue weighted by atomic mass is 9.92. The van der Waals surface area contributed by atoms with Gasteiger partial charge in [0, 0.05) is 30.9 Å². The standard InChI is InChI=1S/C19H30N2/c1-3-16-9-10-19(15(16)2)20-17-11-13-21(14-12-17)18-7-5-4-6-8-18/h4-8,15-17,19-20H,3,9-14H2,1-2H3. The second kappa shape index (κ2) is 6.83. The Balaban J connectivity index is 1.48. The molecule has 1 heterocycles. The highest BCUT2D eigenvalue weighted by Gasteiger charge is 2.33. The van der Waals surface area contributed by atoms with Crippen molar-refractivity contribution in [3.63, 3.8) is 0 Å². The molecule has 1 saturated carbocycles. The molecule has 0 bridgehead atoms. The van der Waals surface area contributed by atoms with Gasteiger partial charge in [-0.3, -0.25) is 0 Å². The Morgan fingerprint density at radius 2 is 1.76 bits per heavy atom. The van der Waals surface area contributed by atoms with E-state index in [1.165, 1.54) is 50.9 Å². The molecule has 21 heavy (non-hydrogen) atoms. The van der Waals surface area contributed by atoms with Crippen molar-refractivity contribution < 1.29 is 0 Å². The van der Waals surface area contributed by atoms with Gasteiger partial charge in [0.1, 0.15) is 0 Å². The fraction of sp³-hybridized carbons (Fsp3) is 0.684. The van der Waals surface area contributed by atoms with Gasteiger partial charge in [0.2, 0.25) is 0 Å². The van der Waals surface area contributed by atoms with Gasteiger partial charge in [0.05, 0.1) is 0 Å². The molecular formula is C19H30N2. The first-order valence-electron chi connectivity index (χ1n) is 8.84. The Kier molecular flexibility index (Phi) is 4.84. The summed E-state index contributed by atoms with van der Waals surface area (Å²) >= 11 is 0. The topological polar surface area (TPSA) is 15.3 Å². The van der Waals surface area contributed by atoms with Crippen LogP contribution in [0.15, 0.2) is 30.3 Å². The van der Waals surface area contributed by atoms with Crippen molar-refractivity contribution in [3.8, 4) is 0 Å². The van der Waals surface area contributed by atoms with Crippen LogP contribution in [0.25, 0.3) is 0 Å². The minimum absolute atomic E-state index is 0.730. The quantitative estimate of drug-likeness (QED) is 0.897. The number of rotatable bonds is 4. The van der Waals surface area contributed by atoms with Gasteiger partial charge in [0.25, 0.3) is 0 Å². The smallest absolute Gasteiger partial charge is 0.0366 e. The molecule has 1 N–H and O–H groups in total. The summed E-state index contributed by atoms with van der Waals surface area (Å²) in [6.45, 7) is 7.19. The molecule has 3 rings (SSSR count). The fourth-order valence-corrected chi connectivity index (χ4v) is 4.30. The SMILES string of the molecule is CCC1CCC(NC2CCN(c3ccccc3)CC2)C1C. The van der Waals surface area contributed by atoms with Crippen molar-refractivity contribution in [2.45, 2.75) is 58.0 Å². The molecule has 2 fully saturated rings. The molecule has 2 nitrogen and oxygen atoms in total. The van der Waals surface area contributed by atoms with Crippen LogP contribution in [-0.4, -0.2) is 25.2 Å². The number of benzene rings is 1. The van der Waals surface area contributed by atoms with Crippen LogP contribution in [0, 0.1) is 11.8 Å². The lowest BCUT2D eigenvalue weighted by molar-refractivity contribution is 0.298. The number of nitrogens with zero attached hydrogens (tertiary/aromatic N) is 1. The van der Waals surface area contributed by atoms with E-state index < -0.39 is 0 Å². The van der Waals surface area contributed by atoms with Crippen molar-refractivity contribution in [1.82, 2.24) is 5.32 Å². The van der Waals surface area contributed by atoms with E-state index in [4.69, 9.17) is 0 Å². The molecule has 1 aromatic carbocycles. The van der Waals surface area contributed by atoms with Crippen LogP contribution in [0.4, 0.5) is 5.69 Å². The highest BCUT2D eigenvalue weighted by molar-refractivity contribution is 5.46. The summed E-state index contributed by atoms with van der Waals surface area (Å²) in [5, 5.41) is 3.98. The van der Waals surface area contributed by atoms with Gasteiger partial charge in [-0.25, -0.2) is 0 Å². The van der Waals surface area contributed by atoms with Crippen molar-refractivity contribution in [2.24, 2.45) is 11.8 Å². The minimum atomic E-state index is 0.730. The maximum absolute atomic E-state index is 3.98. The van der Waals surface area contributed by atoms with Crippen LogP contribution < -0.4 is 10.2 Å². The van der Waals surface area contributed by atoms with Crippen molar-refractivity contribution in [3.05, 3.63) is 30.3 Å². The van der Waals surface area contributed by atoms with E-state index in [1.54, 1.807) is 0 Å². The fourth-order valence-electron chi connectivity index (χ4n) is 4.30. The third-order valence-electron chi connectivity index (χ3n) is 5.82. The van der Waals surface area contributed by atoms with Gasteiger partial charge >= 0.3 is 0 Å². The third-order valence-corrected chi connectivity index (χ3v) is 5.82. The van der Waals surface area contributed by atoms with E-state index in [0.29, 0.717) is 0 Å². The lowest BCUT2D eigenvalue weighted by Crippen LogP contribution is -2.47. The van der Waals surface area contributed by atoms with Gasteiger partial charge in [-0.2, -0.15) is 0 Å². The summed E-state index contributed by atoms with van der Waals surface area (Å²) < 4.78 is 0. The predicted molar refractivity (Wildman–Crippen MR) is 90.8 cm³/mol. The third kappa shape index (κ3) is 3.42. The zero-order chi connectivity index (χ0) is 14.7. The molecule has 3 unspecified atom stereocenters. The first-order chi connectivity index (χ1) is 10.3. The van der Waals surface area contributed by atoms with E-state index in [-0.39, 0.29) is 0 Å². The van der Waals surface area contributed by atoms with Crippen LogP contribution in [0.3, 0.4) is 0 Å². The summed E-state index contributed by atoms with van der Waals surface area (Å²) in [6.07, 6.45) is 6.74. The Labute approximate surface area is 129 Å². The monoisotopic (exact) mass is 286 g/mol. The lowest BCUT2D eigenvalue weighted by Gasteiger charge is -2.36.